The van der Waals surface area contributed by atoms with Gasteiger partial charge in [-0.2, -0.15) is 0 Å². The Morgan fingerprint density at radius 3 is 2.51 bits per heavy atom. The standard InChI is InChI=1S/C30H37F2N7O2/c1-36-12-14-38(15-13-36)22-7-10-37(11-8-22)23-4-6-26(28(18-23)40-2)35-29-19-30(34-20-33-29)39-27(9-16-41-39)24-17-21(31)3-5-25(24)32/h3-6,17-20,22,27H,7-16H2,1-2H3,(H,33,34,35)/t27-/m1/s1. The summed E-state index contributed by atoms with van der Waals surface area (Å²) in [6.45, 7) is 7.03. The lowest BCUT2D eigenvalue weighted by Gasteiger charge is -2.42. The third kappa shape index (κ3) is 6.07. The Hall–Kier alpha value is -3.54. The summed E-state index contributed by atoms with van der Waals surface area (Å²) in [6, 6.07) is 11.5. The van der Waals surface area contributed by atoms with E-state index in [0.717, 1.165) is 75.6 Å². The van der Waals surface area contributed by atoms with Crippen molar-refractivity contribution in [3.8, 4) is 5.75 Å². The summed E-state index contributed by atoms with van der Waals surface area (Å²) in [4.78, 5) is 22.0. The van der Waals surface area contributed by atoms with Gasteiger partial charge in [0, 0.05) is 75.1 Å². The molecule has 1 aromatic heterocycles. The number of anilines is 4. The number of benzene rings is 2. The van der Waals surface area contributed by atoms with E-state index in [-0.39, 0.29) is 5.56 Å². The lowest BCUT2D eigenvalue weighted by atomic mass is 10.0. The van der Waals surface area contributed by atoms with E-state index in [1.165, 1.54) is 17.5 Å². The van der Waals surface area contributed by atoms with Gasteiger partial charge >= 0.3 is 0 Å². The SMILES string of the molecule is COc1cc(N2CCC(N3CCN(C)CC3)CC2)ccc1Nc1cc(N2OCC[C@@H]2c2cc(F)ccc2F)ncn1. The first-order chi connectivity index (χ1) is 20.0. The third-order valence-electron chi connectivity index (χ3n) is 8.43. The molecule has 0 bridgehead atoms. The Labute approximate surface area is 239 Å². The lowest BCUT2D eigenvalue weighted by molar-refractivity contribution is 0.0982. The van der Waals surface area contributed by atoms with Crippen LogP contribution in [0.5, 0.6) is 5.75 Å². The summed E-state index contributed by atoms with van der Waals surface area (Å²) in [5.74, 6) is 0.720. The predicted molar refractivity (Wildman–Crippen MR) is 155 cm³/mol. The molecule has 0 amide bonds. The highest BCUT2D eigenvalue weighted by Crippen LogP contribution is 2.37. The van der Waals surface area contributed by atoms with Gasteiger partial charge in [-0.15, -0.1) is 0 Å². The Bertz CT molecular complexity index is 1350. The highest BCUT2D eigenvalue weighted by atomic mass is 19.1. The van der Waals surface area contributed by atoms with Gasteiger partial charge in [0.2, 0.25) is 0 Å². The number of hydroxylamine groups is 1. The maximum absolute atomic E-state index is 14.5. The number of nitrogens with one attached hydrogen (secondary N) is 1. The number of methoxy groups -OCH3 is 1. The zero-order chi connectivity index (χ0) is 28.3. The van der Waals surface area contributed by atoms with Gasteiger partial charge in [0.15, 0.2) is 5.82 Å². The molecule has 3 fully saturated rings. The van der Waals surface area contributed by atoms with Crippen molar-refractivity contribution < 1.29 is 18.4 Å². The average Bonchev–Trinajstić information content (AvgIpc) is 3.49. The first-order valence-corrected chi connectivity index (χ1v) is 14.3. The fraction of sp³-hybridized carbons (Fsp3) is 0.467. The van der Waals surface area contributed by atoms with Crippen LogP contribution in [0.25, 0.3) is 0 Å². The van der Waals surface area contributed by atoms with Crippen molar-refractivity contribution in [3.05, 3.63) is 66.0 Å². The fourth-order valence-electron chi connectivity index (χ4n) is 6.08. The van der Waals surface area contributed by atoms with Crippen molar-refractivity contribution in [1.82, 2.24) is 19.8 Å². The van der Waals surface area contributed by atoms with Crippen molar-refractivity contribution in [2.45, 2.75) is 31.3 Å². The van der Waals surface area contributed by atoms with Gasteiger partial charge in [-0.05, 0) is 50.2 Å². The largest absolute Gasteiger partial charge is 0.494 e. The predicted octanol–water partition coefficient (Wildman–Crippen LogP) is 4.61. The number of likely N-dealkylation sites (N-methyl/N-ethyl adjacent to an activating group) is 1. The number of hydrogen-bond donors (Lipinski definition) is 1. The summed E-state index contributed by atoms with van der Waals surface area (Å²) in [5, 5.41) is 4.85. The van der Waals surface area contributed by atoms with Crippen molar-refractivity contribution in [2.75, 3.05) is 75.3 Å². The number of halogens is 2. The average molecular weight is 566 g/mol. The van der Waals surface area contributed by atoms with Crippen LogP contribution in [0.3, 0.4) is 0 Å². The number of nitrogens with zero attached hydrogens (tertiary/aromatic N) is 6. The maximum Gasteiger partial charge on any atom is 0.158 e. The zero-order valence-electron chi connectivity index (χ0n) is 23.6. The Morgan fingerprint density at radius 1 is 0.927 bits per heavy atom. The van der Waals surface area contributed by atoms with Gasteiger partial charge in [0.1, 0.15) is 29.5 Å². The molecule has 9 nitrogen and oxygen atoms in total. The van der Waals surface area contributed by atoms with Crippen LogP contribution in [-0.2, 0) is 4.84 Å². The first kappa shape index (κ1) is 27.6. The van der Waals surface area contributed by atoms with Gasteiger partial charge in [0.25, 0.3) is 0 Å². The maximum atomic E-state index is 14.5. The van der Waals surface area contributed by atoms with Crippen LogP contribution in [0.4, 0.5) is 31.8 Å². The molecule has 3 saturated heterocycles. The number of rotatable bonds is 7. The van der Waals surface area contributed by atoms with Gasteiger partial charge in [-0.3, -0.25) is 9.74 Å². The smallest absolute Gasteiger partial charge is 0.158 e. The molecular formula is C30H37F2N7O2. The Balaban J connectivity index is 1.13. The van der Waals surface area contributed by atoms with Gasteiger partial charge < -0.3 is 19.9 Å². The number of aromatic nitrogens is 2. The molecule has 0 saturated carbocycles. The second-order valence-corrected chi connectivity index (χ2v) is 11.0. The summed E-state index contributed by atoms with van der Waals surface area (Å²) in [5.41, 5.74) is 2.14. The summed E-state index contributed by atoms with van der Waals surface area (Å²) < 4.78 is 34.2. The molecule has 4 heterocycles. The minimum atomic E-state index is -0.498. The number of ether oxygens (including phenoxy) is 1. The molecule has 0 unspecified atom stereocenters. The van der Waals surface area contributed by atoms with E-state index in [1.807, 2.05) is 6.07 Å². The van der Waals surface area contributed by atoms with E-state index in [4.69, 9.17) is 9.57 Å². The molecular weight excluding hydrogens is 528 g/mol. The number of hydrogen-bond acceptors (Lipinski definition) is 9. The molecule has 0 spiro atoms. The second kappa shape index (κ2) is 12.1. The van der Waals surface area contributed by atoms with Crippen molar-refractivity contribution >= 4 is 23.0 Å². The van der Waals surface area contributed by atoms with E-state index < -0.39 is 17.7 Å². The summed E-state index contributed by atoms with van der Waals surface area (Å²) in [6.07, 6.45) is 4.25. The van der Waals surface area contributed by atoms with Crippen LogP contribution in [-0.4, -0.2) is 85.8 Å². The van der Waals surface area contributed by atoms with E-state index in [2.05, 4.69) is 49.2 Å². The van der Waals surface area contributed by atoms with E-state index in [0.29, 0.717) is 36.5 Å². The molecule has 0 aliphatic carbocycles. The topological polar surface area (TPSA) is 69.2 Å². The Morgan fingerprint density at radius 2 is 1.73 bits per heavy atom. The van der Waals surface area contributed by atoms with E-state index >= 15 is 0 Å². The van der Waals surface area contributed by atoms with E-state index in [9.17, 15) is 8.78 Å². The van der Waals surface area contributed by atoms with Crippen molar-refractivity contribution in [1.29, 1.82) is 0 Å². The van der Waals surface area contributed by atoms with Crippen LogP contribution >= 0.6 is 0 Å². The van der Waals surface area contributed by atoms with E-state index in [1.54, 1.807) is 13.2 Å². The quantitative estimate of drug-likeness (QED) is 0.443. The molecule has 11 heteroatoms. The van der Waals surface area contributed by atoms with Crippen LogP contribution in [0.1, 0.15) is 30.9 Å². The highest BCUT2D eigenvalue weighted by molar-refractivity contribution is 5.70. The Kier molecular flexibility index (Phi) is 8.18. The molecule has 6 rings (SSSR count). The molecule has 0 radical (unpaired) electrons. The monoisotopic (exact) mass is 565 g/mol. The van der Waals surface area contributed by atoms with Crippen LogP contribution < -0.4 is 20.0 Å². The highest BCUT2D eigenvalue weighted by Gasteiger charge is 2.32. The molecule has 218 valence electrons. The first-order valence-electron chi connectivity index (χ1n) is 14.3. The molecule has 3 aliphatic heterocycles. The fourth-order valence-corrected chi connectivity index (χ4v) is 6.08. The van der Waals surface area contributed by atoms with Gasteiger partial charge in [-0.1, -0.05) is 0 Å². The van der Waals surface area contributed by atoms with Gasteiger partial charge in [-0.25, -0.2) is 23.8 Å². The molecule has 1 atom stereocenters. The molecule has 3 aliphatic rings. The lowest BCUT2D eigenvalue weighted by Crippen LogP contribution is -2.52. The molecule has 2 aromatic carbocycles. The zero-order valence-corrected chi connectivity index (χ0v) is 23.6. The van der Waals surface area contributed by atoms with Crippen molar-refractivity contribution in [2.24, 2.45) is 0 Å². The minimum Gasteiger partial charge on any atom is -0.494 e. The van der Waals surface area contributed by atoms with Crippen molar-refractivity contribution in [3.63, 3.8) is 0 Å². The minimum absolute atomic E-state index is 0.237. The molecule has 3 aromatic rings. The number of piperidine rings is 1. The summed E-state index contributed by atoms with van der Waals surface area (Å²) >= 11 is 0. The van der Waals surface area contributed by atoms with Crippen LogP contribution in [0, 0.1) is 11.6 Å². The summed E-state index contributed by atoms with van der Waals surface area (Å²) in [7, 11) is 3.86. The third-order valence-corrected chi connectivity index (χ3v) is 8.43. The van der Waals surface area contributed by atoms with Crippen LogP contribution in [0.15, 0.2) is 48.8 Å². The number of piperazine rings is 1. The normalized spacial score (nSPS) is 20.9. The molecule has 41 heavy (non-hydrogen) atoms. The van der Waals surface area contributed by atoms with Gasteiger partial charge in [0.05, 0.1) is 25.4 Å². The van der Waals surface area contributed by atoms with Crippen LogP contribution in [0.2, 0.25) is 0 Å². The second-order valence-electron chi connectivity index (χ2n) is 11.0. The molecule has 1 N–H and O–H groups in total.